The molecular weight excluding hydrogens is 449 g/mol. The minimum atomic E-state index is 0. The number of benzene rings is 1. The summed E-state index contributed by atoms with van der Waals surface area (Å²) in [7, 11) is 1.90. The van der Waals surface area contributed by atoms with Crippen LogP contribution in [0.25, 0.3) is 5.69 Å². The van der Waals surface area contributed by atoms with Crippen molar-refractivity contribution < 1.29 is 0 Å². The van der Waals surface area contributed by atoms with Crippen LogP contribution in [0.5, 0.6) is 0 Å². The number of aryl methyl sites for hydroxylation is 1. The highest BCUT2D eigenvalue weighted by atomic mass is 127. The van der Waals surface area contributed by atoms with E-state index in [0.717, 1.165) is 48.8 Å². The molecule has 0 bridgehead atoms. The number of aliphatic imine (C=N–C) groups is 1. The van der Waals surface area contributed by atoms with E-state index in [0.29, 0.717) is 0 Å². The van der Waals surface area contributed by atoms with E-state index >= 15 is 0 Å². The fourth-order valence-corrected chi connectivity index (χ4v) is 4.52. The van der Waals surface area contributed by atoms with E-state index in [1.54, 1.807) is 0 Å². The molecule has 2 unspecified atom stereocenters. The van der Waals surface area contributed by atoms with Gasteiger partial charge in [-0.3, -0.25) is 4.99 Å². The molecule has 146 valence electrons. The highest BCUT2D eigenvalue weighted by Crippen LogP contribution is 2.35. The van der Waals surface area contributed by atoms with E-state index in [1.807, 2.05) is 30.9 Å². The van der Waals surface area contributed by atoms with E-state index in [4.69, 9.17) is 0 Å². The summed E-state index contributed by atoms with van der Waals surface area (Å²) < 4.78 is 1.96. The van der Waals surface area contributed by atoms with Crippen LogP contribution in [0.3, 0.4) is 0 Å². The van der Waals surface area contributed by atoms with E-state index in [9.17, 15) is 0 Å². The Balaban J connectivity index is 0.00000210. The number of guanidine groups is 1. The zero-order chi connectivity index (χ0) is 17.9. The van der Waals surface area contributed by atoms with Crippen LogP contribution in [0.2, 0.25) is 0 Å². The zero-order valence-corrected chi connectivity index (χ0v) is 18.6. The summed E-state index contributed by atoms with van der Waals surface area (Å²) in [5.74, 6) is 2.76. The Bertz CT molecular complexity index is 770. The summed E-state index contributed by atoms with van der Waals surface area (Å²) in [6.45, 7) is 5.09. The van der Waals surface area contributed by atoms with Crippen molar-refractivity contribution in [1.82, 2.24) is 20.0 Å². The third kappa shape index (κ3) is 4.47. The van der Waals surface area contributed by atoms with Crippen LogP contribution in [0, 0.1) is 18.8 Å². The normalized spacial score (nSPS) is 22.3. The molecule has 0 spiro atoms. The Labute approximate surface area is 179 Å². The minimum absolute atomic E-state index is 0. The van der Waals surface area contributed by atoms with Gasteiger partial charge in [-0.1, -0.05) is 31.0 Å². The predicted molar refractivity (Wildman–Crippen MR) is 121 cm³/mol. The van der Waals surface area contributed by atoms with E-state index in [-0.39, 0.29) is 24.0 Å². The summed E-state index contributed by atoms with van der Waals surface area (Å²) in [6.07, 6.45) is 7.60. The number of fused-ring (bicyclic) bond motifs is 1. The molecule has 1 aliphatic carbocycles. The van der Waals surface area contributed by atoms with Crippen LogP contribution in [-0.4, -0.2) is 40.8 Å². The summed E-state index contributed by atoms with van der Waals surface area (Å²) in [5, 5.41) is 8.15. The van der Waals surface area contributed by atoms with Crippen molar-refractivity contribution in [2.24, 2.45) is 16.8 Å². The zero-order valence-electron chi connectivity index (χ0n) is 16.3. The van der Waals surface area contributed by atoms with Gasteiger partial charge < -0.3 is 10.2 Å². The highest BCUT2D eigenvalue weighted by Gasteiger charge is 2.35. The monoisotopic (exact) mass is 479 g/mol. The lowest BCUT2D eigenvalue weighted by Gasteiger charge is -2.22. The Morgan fingerprint density at radius 2 is 1.85 bits per heavy atom. The van der Waals surface area contributed by atoms with Gasteiger partial charge in [-0.2, -0.15) is 5.10 Å². The van der Waals surface area contributed by atoms with Gasteiger partial charge in [-0.15, -0.1) is 24.0 Å². The molecule has 1 aromatic carbocycles. The molecule has 5 nitrogen and oxygen atoms in total. The number of hydrogen-bond acceptors (Lipinski definition) is 2. The molecule has 2 aliphatic rings. The first kappa shape index (κ1) is 20.2. The van der Waals surface area contributed by atoms with Gasteiger partial charge in [-0.05, 0) is 49.3 Å². The fourth-order valence-electron chi connectivity index (χ4n) is 4.52. The summed E-state index contributed by atoms with van der Waals surface area (Å²) in [4.78, 5) is 7.02. The second kappa shape index (κ2) is 9.08. The molecule has 1 N–H and O–H groups in total. The van der Waals surface area contributed by atoms with Crippen LogP contribution >= 0.6 is 24.0 Å². The number of rotatable bonds is 3. The van der Waals surface area contributed by atoms with Crippen molar-refractivity contribution in [3.05, 3.63) is 47.8 Å². The topological polar surface area (TPSA) is 45.5 Å². The molecule has 1 aromatic heterocycles. The van der Waals surface area contributed by atoms with Crippen molar-refractivity contribution in [1.29, 1.82) is 0 Å². The summed E-state index contributed by atoms with van der Waals surface area (Å²) in [6, 6.07) is 10.5. The van der Waals surface area contributed by atoms with Crippen molar-refractivity contribution in [3.63, 3.8) is 0 Å². The Morgan fingerprint density at radius 3 is 2.48 bits per heavy atom. The average molecular weight is 479 g/mol. The molecule has 4 rings (SSSR count). The molecule has 1 aliphatic heterocycles. The van der Waals surface area contributed by atoms with E-state index in [1.165, 1.54) is 31.2 Å². The van der Waals surface area contributed by atoms with Crippen molar-refractivity contribution in [2.75, 3.05) is 20.1 Å². The highest BCUT2D eigenvalue weighted by molar-refractivity contribution is 14.0. The first-order valence-electron chi connectivity index (χ1n) is 9.81. The average Bonchev–Trinajstić information content (AvgIpc) is 3.28. The number of hydrogen-bond donors (Lipinski definition) is 1. The standard InChI is InChI=1S/C21H29N5.HI/c1-16-11-12-26(24-16)20-10-6-5-7-17(20)13-23-21(22-2)25-14-18-8-3-4-9-19(18)15-25;/h5-7,10-12,18-19H,3-4,8-9,13-15H2,1-2H3,(H,22,23);1H. The first-order valence-corrected chi connectivity index (χ1v) is 9.81. The third-order valence-corrected chi connectivity index (χ3v) is 5.89. The number of nitrogens with one attached hydrogen (secondary N) is 1. The van der Waals surface area contributed by atoms with Gasteiger partial charge in [0, 0.05) is 32.9 Å². The quantitative estimate of drug-likeness (QED) is 0.412. The molecule has 2 aromatic rings. The molecule has 0 amide bonds. The largest absolute Gasteiger partial charge is 0.352 e. The Kier molecular flexibility index (Phi) is 6.78. The molecule has 27 heavy (non-hydrogen) atoms. The first-order chi connectivity index (χ1) is 12.7. The summed E-state index contributed by atoms with van der Waals surface area (Å²) >= 11 is 0. The molecule has 2 atom stereocenters. The number of likely N-dealkylation sites (tertiary alicyclic amines) is 1. The summed E-state index contributed by atoms with van der Waals surface area (Å²) in [5.41, 5.74) is 3.38. The van der Waals surface area contributed by atoms with Gasteiger partial charge in [0.25, 0.3) is 0 Å². The van der Waals surface area contributed by atoms with Crippen LogP contribution < -0.4 is 5.32 Å². The molecule has 6 heteroatoms. The number of halogens is 1. The van der Waals surface area contributed by atoms with E-state index < -0.39 is 0 Å². The lowest BCUT2D eigenvalue weighted by atomic mass is 9.82. The van der Waals surface area contributed by atoms with Crippen molar-refractivity contribution in [2.45, 2.75) is 39.2 Å². The fraction of sp³-hybridized carbons (Fsp3) is 0.524. The molecule has 2 heterocycles. The van der Waals surface area contributed by atoms with Gasteiger partial charge in [0.2, 0.25) is 0 Å². The Morgan fingerprint density at radius 1 is 1.15 bits per heavy atom. The van der Waals surface area contributed by atoms with Crippen molar-refractivity contribution in [3.8, 4) is 5.69 Å². The molecule has 1 saturated carbocycles. The molecule has 2 fully saturated rings. The number of aromatic nitrogens is 2. The van der Waals surface area contributed by atoms with Gasteiger partial charge in [0.15, 0.2) is 5.96 Å². The van der Waals surface area contributed by atoms with E-state index in [2.05, 4.69) is 44.6 Å². The predicted octanol–water partition coefficient (Wildman–Crippen LogP) is 4.00. The van der Waals surface area contributed by atoms with Crippen LogP contribution in [0.1, 0.15) is 36.9 Å². The Hall–Kier alpha value is -1.57. The maximum Gasteiger partial charge on any atom is 0.193 e. The lowest BCUT2D eigenvalue weighted by Crippen LogP contribution is -2.40. The molecular formula is C21H30IN5. The maximum absolute atomic E-state index is 4.56. The third-order valence-electron chi connectivity index (χ3n) is 5.89. The molecule has 0 radical (unpaired) electrons. The maximum atomic E-state index is 4.56. The molecule has 1 saturated heterocycles. The SMILES string of the molecule is CN=C(NCc1ccccc1-n1ccc(C)n1)N1CC2CCCCC2C1.I. The lowest BCUT2D eigenvalue weighted by molar-refractivity contribution is 0.299. The van der Waals surface area contributed by atoms with Crippen molar-refractivity contribution >= 4 is 29.9 Å². The second-order valence-corrected chi connectivity index (χ2v) is 7.64. The van der Waals surface area contributed by atoms with Gasteiger partial charge in [0.1, 0.15) is 0 Å². The van der Waals surface area contributed by atoms with Crippen LogP contribution in [0.15, 0.2) is 41.5 Å². The smallest absolute Gasteiger partial charge is 0.193 e. The number of para-hydroxylation sites is 1. The van der Waals surface area contributed by atoms with Crippen LogP contribution in [0.4, 0.5) is 0 Å². The minimum Gasteiger partial charge on any atom is -0.352 e. The second-order valence-electron chi connectivity index (χ2n) is 7.64. The number of nitrogens with zero attached hydrogens (tertiary/aromatic N) is 4. The van der Waals surface area contributed by atoms with Gasteiger partial charge in [0.05, 0.1) is 11.4 Å². The van der Waals surface area contributed by atoms with Crippen LogP contribution in [-0.2, 0) is 6.54 Å². The van der Waals surface area contributed by atoms with Gasteiger partial charge >= 0.3 is 0 Å². The van der Waals surface area contributed by atoms with Gasteiger partial charge in [-0.25, -0.2) is 4.68 Å².